The molecule has 0 spiro atoms. The molecule has 2 unspecified atom stereocenters. The van der Waals surface area contributed by atoms with Crippen molar-refractivity contribution >= 4 is 18.0 Å². The lowest BCUT2D eigenvalue weighted by Crippen LogP contribution is -2.57. The molecule has 0 aromatic carbocycles. The molecule has 0 radical (unpaired) electrons. The number of aliphatic hydroxyl groups is 1. The minimum absolute atomic E-state index is 0.0895. The molecule has 1 saturated heterocycles. The number of ether oxygens (including phenoxy) is 1. The van der Waals surface area contributed by atoms with Gasteiger partial charge in [0.1, 0.15) is 13.1 Å². The summed E-state index contributed by atoms with van der Waals surface area (Å²) in [6, 6.07) is -1.01. The van der Waals surface area contributed by atoms with Crippen LogP contribution in [0.4, 0.5) is 4.79 Å². The monoisotopic (exact) mass is 290 g/mol. The Morgan fingerprint density at radius 1 is 1.25 bits per heavy atom. The number of rotatable bonds is 5. The van der Waals surface area contributed by atoms with Crippen LogP contribution < -0.4 is 0 Å². The van der Waals surface area contributed by atoms with Crippen molar-refractivity contribution in [1.82, 2.24) is 9.80 Å². The number of aliphatic hydroxyl groups excluding tert-OH is 1. The molecular formula is C11H18N2O7. The van der Waals surface area contributed by atoms with E-state index >= 15 is 0 Å². The normalized spacial score (nSPS) is 22.4. The molecule has 9 heteroatoms. The fraction of sp³-hybridized carbons (Fsp3) is 0.727. The summed E-state index contributed by atoms with van der Waals surface area (Å²) in [5.41, 5.74) is 0. The lowest BCUT2D eigenvalue weighted by molar-refractivity contribution is -0.141. The van der Waals surface area contributed by atoms with Gasteiger partial charge in [-0.25, -0.2) is 4.79 Å². The van der Waals surface area contributed by atoms with E-state index < -0.39 is 37.2 Å². The van der Waals surface area contributed by atoms with Crippen LogP contribution in [-0.4, -0.2) is 88.1 Å². The van der Waals surface area contributed by atoms with Crippen molar-refractivity contribution in [2.24, 2.45) is 0 Å². The van der Waals surface area contributed by atoms with Gasteiger partial charge in [-0.1, -0.05) is 0 Å². The molecule has 9 nitrogen and oxygen atoms in total. The highest BCUT2D eigenvalue weighted by Gasteiger charge is 2.33. The van der Waals surface area contributed by atoms with Crippen molar-refractivity contribution in [1.29, 1.82) is 0 Å². The van der Waals surface area contributed by atoms with Crippen LogP contribution in [0.15, 0.2) is 0 Å². The van der Waals surface area contributed by atoms with Gasteiger partial charge in [0.05, 0.1) is 31.9 Å². The topological polar surface area (TPSA) is 128 Å². The Balaban J connectivity index is 2.80. The Hall–Kier alpha value is -1.87. The standard InChI is InChI=1S/C11H18N2O7/c1-7-6-20-8(5-14)2-13(7)11(19)12(3-9(15)16)4-10(17)18/h7-8,14H,2-6H2,1H3,(H,15,16)(H,17,18). The smallest absolute Gasteiger partial charge is 0.323 e. The molecule has 1 aliphatic rings. The molecular weight excluding hydrogens is 272 g/mol. The van der Waals surface area contributed by atoms with Crippen LogP contribution in [-0.2, 0) is 14.3 Å². The van der Waals surface area contributed by atoms with Gasteiger partial charge in [0, 0.05) is 0 Å². The van der Waals surface area contributed by atoms with E-state index in [2.05, 4.69) is 0 Å². The highest BCUT2D eigenvalue weighted by atomic mass is 16.5. The number of nitrogens with zero attached hydrogens (tertiary/aromatic N) is 2. The zero-order valence-electron chi connectivity index (χ0n) is 11.1. The van der Waals surface area contributed by atoms with Gasteiger partial charge in [-0.15, -0.1) is 0 Å². The zero-order valence-corrected chi connectivity index (χ0v) is 11.1. The average molecular weight is 290 g/mol. The zero-order chi connectivity index (χ0) is 15.3. The molecule has 0 aliphatic carbocycles. The third kappa shape index (κ3) is 4.35. The number of hydrogen-bond acceptors (Lipinski definition) is 5. The molecule has 3 N–H and O–H groups in total. The maximum atomic E-state index is 12.2. The van der Waals surface area contributed by atoms with Gasteiger partial charge in [0.2, 0.25) is 0 Å². The predicted octanol–water partition coefficient (Wildman–Crippen LogP) is -1.34. The number of urea groups is 1. The number of carboxylic acids is 2. The molecule has 0 aromatic rings. The second-order valence-corrected chi connectivity index (χ2v) is 4.57. The molecule has 0 saturated carbocycles. The quantitative estimate of drug-likeness (QED) is 0.571. The van der Waals surface area contributed by atoms with E-state index in [1.165, 1.54) is 4.90 Å². The van der Waals surface area contributed by atoms with E-state index in [-0.39, 0.29) is 25.8 Å². The molecule has 20 heavy (non-hydrogen) atoms. The molecule has 114 valence electrons. The summed E-state index contributed by atoms with van der Waals surface area (Å²) < 4.78 is 5.27. The van der Waals surface area contributed by atoms with Crippen LogP contribution in [0.25, 0.3) is 0 Å². The Kier molecular flexibility index (Phi) is 5.71. The van der Waals surface area contributed by atoms with Gasteiger partial charge in [0.25, 0.3) is 0 Å². The van der Waals surface area contributed by atoms with Crippen molar-refractivity contribution < 1.29 is 34.4 Å². The molecule has 1 rings (SSSR count). The van der Waals surface area contributed by atoms with Gasteiger partial charge in [-0.2, -0.15) is 0 Å². The fourth-order valence-electron chi connectivity index (χ4n) is 1.89. The van der Waals surface area contributed by atoms with Gasteiger partial charge >= 0.3 is 18.0 Å². The van der Waals surface area contributed by atoms with Crippen LogP contribution in [0, 0.1) is 0 Å². The van der Waals surface area contributed by atoms with Crippen LogP contribution in [0.5, 0.6) is 0 Å². The summed E-state index contributed by atoms with van der Waals surface area (Å²) in [5.74, 6) is -2.58. The van der Waals surface area contributed by atoms with Crippen molar-refractivity contribution in [3.8, 4) is 0 Å². The molecule has 0 bridgehead atoms. The van der Waals surface area contributed by atoms with Crippen LogP contribution in [0.3, 0.4) is 0 Å². The second kappa shape index (κ2) is 7.06. The lowest BCUT2D eigenvalue weighted by atomic mass is 10.2. The number of aliphatic carboxylic acids is 2. The van der Waals surface area contributed by atoms with Crippen molar-refractivity contribution in [2.45, 2.75) is 19.1 Å². The van der Waals surface area contributed by atoms with E-state index in [1.54, 1.807) is 6.92 Å². The molecule has 2 amide bonds. The summed E-state index contributed by atoms with van der Waals surface area (Å²) in [7, 11) is 0. The van der Waals surface area contributed by atoms with E-state index in [0.717, 1.165) is 4.90 Å². The Bertz CT molecular complexity index is 371. The first-order chi connectivity index (χ1) is 9.35. The molecule has 1 aliphatic heterocycles. The second-order valence-electron chi connectivity index (χ2n) is 4.57. The number of carbonyl (C=O) groups is 3. The van der Waals surface area contributed by atoms with Gasteiger partial charge in [0.15, 0.2) is 0 Å². The number of amides is 2. The maximum absolute atomic E-state index is 12.2. The van der Waals surface area contributed by atoms with E-state index in [1.807, 2.05) is 0 Å². The highest BCUT2D eigenvalue weighted by Crippen LogP contribution is 2.14. The molecule has 2 atom stereocenters. The Labute approximate surface area is 115 Å². The molecule has 0 aromatic heterocycles. The summed E-state index contributed by atoms with van der Waals surface area (Å²) in [6.07, 6.45) is -0.549. The summed E-state index contributed by atoms with van der Waals surface area (Å²) >= 11 is 0. The summed E-state index contributed by atoms with van der Waals surface area (Å²) in [6.45, 7) is 0.328. The van der Waals surface area contributed by atoms with Crippen molar-refractivity contribution in [3.63, 3.8) is 0 Å². The van der Waals surface area contributed by atoms with Crippen LogP contribution in [0.2, 0.25) is 0 Å². The van der Waals surface area contributed by atoms with Crippen LogP contribution >= 0.6 is 0 Å². The number of carboxylic acid groups (broad SMARTS) is 2. The minimum Gasteiger partial charge on any atom is -0.480 e. The van der Waals surface area contributed by atoms with Gasteiger partial charge in [-0.05, 0) is 6.92 Å². The van der Waals surface area contributed by atoms with Crippen molar-refractivity contribution in [2.75, 3.05) is 32.8 Å². The first kappa shape index (κ1) is 16.2. The highest BCUT2D eigenvalue weighted by molar-refractivity contribution is 5.84. The Morgan fingerprint density at radius 3 is 2.25 bits per heavy atom. The van der Waals surface area contributed by atoms with Crippen molar-refractivity contribution in [3.05, 3.63) is 0 Å². The molecule has 1 fully saturated rings. The third-order valence-electron chi connectivity index (χ3n) is 2.88. The third-order valence-corrected chi connectivity index (χ3v) is 2.88. The average Bonchev–Trinajstić information content (AvgIpc) is 2.36. The number of hydrogen-bond donors (Lipinski definition) is 3. The fourth-order valence-corrected chi connectivity index (χ4v) is 1.89. The van der Waals surface area contributed by atoms with Gasteiger partial charge < -0.3 is 29.9 Å². The predicted molar refractivity (Wildman–Crippen MR) is 65.2 cm³/mol. The van der Waals surface area contributed by atoms with E-state index in [4.69, 9.17) is 20.1 Å². The van der Waals surface area contributed by atoms with Crippen LogP contribution in [0.1, 0.15) is 6.92 Å². The Morgan fingerprint density at radius 2 is 1.80 bits per heavy atom. The number of carbonyl (C=O) groups excluding carboxylic acids is 1. The largest absolute Gasteiger partial charge is 0.480 e. The lowest BCUT2D eigenvalue weighted by Gasteiger charge is -2.39. The number of morpholine rings is 1. The summed E-state index contributed by atoms with van der Waals surface area (Å²) in [5, 5.41) is 26.5. The molecule has 1 heterocycles. The SMILES string of the molecule is CC1COC(CO)CN1C(=O)N(CC(=O)O)CC(=O)O. The minimum atomic E-state index is -1.29. The van der Waals surface area contributed by atoms with Gasteiger partial charge in [-0.3, -0.25) is 9.59 Å². The van der Waals surface area contributed by atoms with E-state index in [0.29, 0.717) is 0 Å². The summed E-state index contributed by atoms with van der Waals surface area (Å²) in [4.78, 5) is 35.7. The first-order valence-electron chi connectivity index (χ1n) is 6.06. The van der Waals surface area contributed by atoms with E-state index in [9.17, 15) is 14.4 Å². The first-order valence-corrected chi connectivity index (χ1v) is 6.06. The maximum Gasteiger partial charge on any atom is 0.323 e.